The number of hydrogen-bond donors (Lipinski definition) is 7. The third kappa shape index (κ3) is 8.02. The third-order valence-corrected chi connectivity index (χ3v) is 4.59. The predicted octanol–water partition coefficient (Wildman–Crippen LogP) is -1.44. The van der Waals surface area contributed by atoms with E-state index in [-0.39, 0.29) is 25.0 Å². The van der Waals surface area contributed by atoms with Gasteiger partial charge >= 0.3 is 17.9 Å². The molecule has 1 heterocycles. The Balaban J connectivity index is 2.94. The van der Waals surface area contributed by atoms with Crippen LogP contribution < -0.4 is 21.8 Å². The van der Waals surface area contributed by atoms with Crippen molar-refractivity contribution in [2.24, 2.45) is 17.2 Å². The molecule has 0 aromatic carbocycles. The van der Waals surface area contributed by atoms with E-state index < -0.39 is 36.0 Å². The maximum Gasteiger partial charge on any atom is 0.320 e. The summed E-state index contributed by atoms with van der Waals surface area (Å²) < 4.78 is 1.68. The van der Waals surface area contributed by atoms with Gasteiger partial charge < -0.3 is 37.6 Å². The zero-order valence-corrected chi connectivity index (χ0v) is 16.0. The molecule has 0 amide bonds. The molecule has 0 bridgehead atoms. The number of carboxylic acids is 3. The first-order valence-corrected chi connectivity index (χ1v) is 9.21. The number of unbranched alkanes of at least 4 members (excludes halogenated alkanes) is 1. The number of hydrogen-bond acceptors (Lipinski definition) is 7. The van der Waals surface area contributed by atoms with Crippen molar-refractivity contribution in [3.05, 3.63) is 23.5 Å². The van der Waals surface area contributed by atoms with Gasteiger partial charge in [-0.25, -0.2) is 4.57 Å². The molecule has 29 heavy (non-hydrogen) atoms. The van der Waals surface area contributed by atoms with Gasteiger partial charge in [-0.2, -0.15) is 0 Å². The van der Waals surface area contributed by atoms with Crippen LogP contribution in [0.1, 0.15) is 36.8 Å². The molecule has 1 aromatic rings. The standard InChI is InChI=1S/C18H28N4O7/c19-12(16(24)25)3-1-2-6-22-8-10(4-5-13(20)17(26)27)11(15(23)9-22)7-14(21)18(28)29/h8-9,12-14H,1-7,19-21H2,(H3-,23,24,25,26,27,28,29)/p+1/t12-,13+,14-/m1/s1. The van der Waals surface area contributed by atoms with E-state index in [0.29, 0.717) is 36.9 Å². The number of aliphatic carboxylic acids is 3. The molecule has 11 heteroatoms. The monoisotopic (exact) mass is 413 g/mol. The molecule has 0 aliphatic heterocycles. The quantitative estimate of drug-likeness (QED) is 0.148. The van der Waals surface area contributed by atoms with E-state index in [1.54, 1.807) is 10.8 Å². The molecule has 0 radical (unpaired) electrons. The lowest BCUT2D eigenvalue weighted by Gasteiger charge is -2.14. The Labute approximate surface area is 167 Å². The van der Waals surface area contributed by atoms with Crippen LogP contribution in [-0.4, -0.2) is 56.5 Å². The number of aromatic nitrogens is 1. The SMILES string of the molecule is N[C@H](CCCC[n+]1cc(O)c(C[C@@H](N)C(=O)O)c(CC[C@H](N)C(=O)O)c1)C(=O)O. The van der Waals surface area contributed by atoms with Crippen molar-refractivity contribution in [3.8, 4) is 5.75 Å². The van der Waals surface area contributed by atoms with E-state index >= 15 is 0 Å². The Hall–Kier alpha value is -2.76. The largest absolute Gasteiger partial charge is 0.503 e. The fourth-order valence-electron chi connectivity index (χ4n) is 2.82. The third-order valence-electron chi connectivity index (χ3n) is 4.59. The molecule has 162 valence electrons. The van der Waals surface area contributed by atoms with Crippen LogP contribution in [0.2, 0.25) is 0 Å². The molecule has 10 N–H and O–H groups in total. The van der Waals surface area contributed by atoms with Crippen molar-refractivity contribution in [1.82, 2.24) is 0 Å². The van der Waals surface area contributed by atoms with Gasteiger partial charge in [0, 0.05) is 24.0 Å². The Bertz CT molecular complexity index is 741. The lowest BCUT2D eigenvalue weighted by Crippen LogP contribution is -2.37. The van der Waals surface area contributed by atoms with Gasteiger partial charge in [0.1, 0.15) is 24.7 Å². The van der Waals surface area contributed by atoms with Crippen LogP contribution in [0.25, 0.3) is 0 Å². The van der Waals surface area contributed by atoms with E-state index in [0.717, 1.165) is 0 Å². The number of carboxylic acid groups (broad SMARTS) is 3. The van der Waals surface area contributed by atoms with Crippen molar-refractivity contribution < 1.29 is 39.4 Å². The van der Waals surface area contributed by atoms with E-state index in [2.05, 4.69) is 0 Å². The molecule has 0 saturated carbocycles. The van der Waals surface area contributed by atoms with Crippen molar-refractivity contribution in [2.75, 3.05) is 0 Å². The minimum absolute atomic E-state index is 0.0988. The highest BCUT2D eigenvalue weighted by Gasteiger charge is 2.23. The molecular weight excluding hydrogens is 384 g/mol. The number of nitrogens with zero attached hydrogens (tertiary/aromatic N) is 1. The maximum absolute atomic E-state index is 11.1. The van der Waals surface area contributed by atoms with Crippen molar-refractivity contribution in [3.63, 3.8) is 0 Å². The van der Waals surface area contributed by atoms with Crippen molar-refractivity contribution in [1.29, 1.82) is 0 Å². The Kier molecular flexibility index (Phi) is 9.45. The number of carbonyl (C=O) groups is 3. The lowest BCUT2D eigenvalue weighted by molar-refractivity contribution is -0.698. The number of aryl methyl sites for hydroxylation is 2. The lowest BCUT2D eigenvalue weighted by atomic mass is 9.96. The zero-order valence-electron chi connectivity index (χ0n) is 16.0. The first-order chi connectivity index (χ1) is 13.5. The molecular formula is C18H29N4O7+. The van der Waals surface area contributed by atoms with Crippen LogP contribution in [0.4, 0.5) is 0 Å². The highest BCUT2D eigenvalue weighted by atomic mass is 16.4. The molecule has 0 aliphatic rings. The molecule has 0 saturated heterocycles. The molecule has 0 unspecified atom stereocenters. The van der Waals surface area contributed by atoms with Crippen LogP contribution in [0.15, 0.2) is 12.4 Å². The topological polar surface area (TPSA) is 214 Å². The highest BCUT2D eigenvalue weighted by molar-refractivity contribution is 5.74. The van der Waals surface area contributed by atoms with Crippen LogP contribution in [0.5, 0.6) is 5.75 Å². The van der Waals surface area contributed by atoms with Gasteiger partial charge in [-0.3, -0.25) is 14.4 Å². The molecule has 0 spiro atoms. The fraction of sp³-hybridized carbons (Fsp3) is 0.556. The fourth-order valence-corrected chi connectivity index (χ4v) is 2.82. The summed E-state index contributed by atoms with van der Waals surface area (Å²) >= 11 is 0. The Morgan fingerprint density at radius 3 is 1.97 bits per heavy atom. The summed E-state index contributed by atoms with van der Waals surface area (Å²) in [5.41, 5.74) is 17.5. The zero-order chi connectivity index (χ0) is 22.1. The van der Waals surface area contributed by atoms with E-state index in [1.165, 1.54) is 6.20 Å². The molecule has 1 rings (SSSR count). The second-order valence-corrected chi connectivity index (χ2v) is 6.96. The average molecular weight is 413 g/mol. The molecule has 3 atom stereocenters. The summed E-state index contributed by atoms with van der Waals surface area (Å²) in [6, 6.07) is -3.24. The summed E-state index contributed by atoms with van der Waals surface area (Å²) in [6.07, 6.45) is 4.80. The highest BCUT2D eigenvalue weighted by Crippen LogP contribution is 2.22. The minimum Gasteiger partial charge on any atom is -0.503 e. The van der Waals surface area contributed by atoms with E-state index in [9.17, 15) is 19.5 Å². The normalized spacial score (nSPS) is 14.2. The van der Waals surface area contributed by atoms with Gasteiger partial charge in [-0.1, -0.05) is 0 Å². The second-order valence-electron chi connectivity index (χ2n) is 6.96. The molecule has 0 fully saturated rings. The van der Waals surface area contributed by atoms with Gasteiger partial charge in [-0.05, 0) is 25.7 Å². The van der Waals surface area contributed by atoms with Crippen LogP contribution in [-0.2, 0) is 33.8 Å². The number of aromatic hydroxyl groups is 1. The number of rotatable bonds is 13. The molecule has 11 nitrogen and oxygen atoms in total. The van der Waals surface area contributed by atoms with Crippen molar-refractivity contribution >= 4 is 17.9 Å². The Morgan fingerprint density at radius 2 is 1.41 bits per heavy atom. The maximum atomic E-state index is 11.1. The summed E-state index contributed by atoms with van der Waals surface area (Å²) in [5, 5.41) is 37.2. The van der Waals surface area contributed by atoms with Gasteiger partial charge in [0.25, 0.3) is 0 Å². The predicted molar refractivity (Wildman–Crippen MR) is 101 cm³/mol. The summed E-state index contributed by atoms with van der Waals surface area (Å²) in [5.74, 6) is -3.59. The molecule has 1 aromatic heterocycles. The van der Waals surface area contributed by atoms with Gasteiger partial charge in [0.15, 0.2) is 11.9 Å². The summed E-state index contributed by atoms with van der Waals surface area (Å²) in [7, 11) is 0. The van der Waals surface area contributed by atoms with Crippen LogP contribution in [0.3, 0.4) is 0 Å². The first kappa shape index (κ1) is 24.3. The van der Waals surface area contributed by atoms with Gasteiger partial charge in [0.05, 0.1) is 0 Å². The summed E-state index contributed by atoms with van der Waals surface area (Å²) in [6.45, 7) is 0.461. The van der Waals surface area contributed by atoms with E-state index in [1.807, 2.05) is 0 Å². The second kappa shape index (κ2) is 11.3. The van der Waals surface area contributed by atoms with E-state index in [4.69, 9.17) is 32.5 Å². The van der Waals surface area contributed by atoms with Gasteiger partial charge in [0.2, 0.25) is 6.20 Å². The number of pyridine rings is 1. The summed E-state index contributed by atoms with van der Waals surface area (Å²) in [4.78, 5) is 32.8. The smallest absolute Gasteiger partial charge is 0.320 e. The van der Waals surface area contributed by atoms with Crippen LogP contribution >= 0.6 is 0 Å². The minimum atomic E-state index is -1.22. The number of nitrogens with two attached hydrogens (primary N) is 3. The van der Waals surface area contributed by atoms with Crippen molar-refractivity contribution in [2.45, 2.75) is 63.2 Å². The Morgan fingerprint density at radius 1 is 0.862 bits per heavy atom. The first-order valence-electron chi connectivity index (χ1n) is 9.21. The molecule has 0 aliphatic carbocycles. The van der Waals surface area contributed by atoms with Crippen LogP contribution in [0, 0.1) is 0 Å². The average Bonchev–Trinajstić information content (AvgIpc) is 2.64. The van der Waals surface area contributed by atoms with Gasteiger partial charge in [-0.15, -0.1) is 0 Å².